The molecule has 2 heterocycles. The number of fused-ring (bicyclic) bond motifs is 2. The molecule has 1 aromatic carbocycles. The highest BCUT2D eigenvalue weighted by Crippen LogP contribution is 2.37. The first kappa shape index (κ1) is 32.2. The fraction of sp³-hybridized carbons (Fsp3) is 0.542. The maximum absolute atomic E-state index is 10.8. The largest absolute Gasteiger partial charge is 0.396 e. The minimum absolute atomic E-state index is 0. The number of rotatable bonds is 5. The zero-order valence-corrected chi connectivity index (χ0v) is 20.8. The van der Waals surface area contributed by atoms with Gasteiger partial charge in [-0.3, -0.25) is 4.79 Å². The van der Waals surface area contributed by atoms with Crippen molar-refractivity contribution in [2.45, 2.75) is 69.2 Å². The van der Waals surface area contributed by atoms with Crippen LogP contribution >= 0.6 is 22.7 Å². The Morgan fingerprint density at radius 1 is 0.862 bits per heavy atom. The lowest BCUT2D eigenvalue weighted by atomic mass is 10.2. The van der Waals surface area contributed by atoms with Gasteiger partial charge in [0.25, 0.3) is 0 Å². The van der Waals surface area contributed by atoms with E-state index >= 15 is 0 Å². The second-order valence-electron chi connectivity index (χ2n) is 4.78. The summed E-state index contributed by atoms with van der Waals surface area (Å²) < 4.78 is 2.40. The molecular weight excluding hydrogens is 398 g/mol. The number of thiophene rings is 2. The number of carbonyl (C=O) groups is 1. The number of hydrogen-bond donors (Lipinski definition) is 1. The molecule has 0 fully saturated rings. The number of carbonyl (C=O) groups excluding carboxylic acids is 1. The van der Waals surface area contributed by atoms with E-state index in [1.54, 1.807) is 11.3 Å². The molecule has 0 aliphatic heterocycles. The molecule has 29 heavy (non-hydrogen) atoms. The molecule has 0 aliphatic rings. The Balaban J connectivity index is -0.000000674. The molecule has 0 unspecified atom stereocenters. The van der Waals surface area contributed by atoms with Crippen LogP contribution in [0.3, 0.4) is 0 Å². The first-order chi connectivity index (χ1) is 13.7. The molecule has 3 rings (SSSR count). The van der Waals surface area contributed by atoms with Crippen molar-refractivity contribution >= 4 is 54.1 Å². The summed E-state index contributed by atoms with van der Waals surface area (Å²) >= 11 is 3.29. The lowest BCUT2D eigenvalue weighted by molar-refractivity contribution is 0.112. The number of nitrogens with zero attached hydrogens (tertiary/aromatic N) is 1. The lowest BCUT2D eigenvalue weighted by Crippen LogP contribution is -2.17. The molecule has 168 valence electrons. The van der Waals surface area contributed by atoms with Crippen molar-refractivity contribution in [1.82, 2.24) is 0 Å². The summed E-state index contributed by atoms with van der Waals surface area (Å²) in [7, 11) is 2.05. The Bertz CT molecular complexity index is 712. The van der Waals surface area contributed by atoms with Crippen LogP contribution in [-0.2, 0) is 0 Å². The van der Waals surface area contributed by atoms with Gasteiger partial charge in [-0.1, -0.05) is 62.8 Å². The van der Waals surface area contributed by atoms with Crippen molar-refractivity contribution in [1.29, 1.82) is 0 Å². The molecule has 0 spiro atoms. The van der Waals surface area contributed by atoms with Crippen molar-refractivity contribution in [3.05, 3.63) is 29.1 Å². The fourth-order valence-corrected chi connectivity index (χ4v) is 4.29. The lowest BCUT2D eigenvalue weighted by Gasteiger charge is -2.15. The van der Waals surface area contributed by atoms with Gasteiger partial charge in [0, 0.05) is 29.6 Å². The molecule has 0 aliphatic carbocycles. The van der Waals surface area contributed by atoms with Crippen LogP contribution in [0, 0.1) is 0 Å². The molecule has 3 aromatic rings. The molecular formula is C24H43NO2S2. The van der Waals surface area contributed by atoms with E-state index in [-0.39, 0.29) is 14.0 Å². The zero-order chi connectivity index (χ0) is 22.1. The van der Waals surface area contributed by atoms with Crippen LogP contribution in [0.15, 0.2) is 24.3 Å². The molecule has 0 atom stereocenters. The molecule has 0 amide bonds. The maximum atomic E-state index is 10.8. The van der Waals surface area contributed by atoms with Crippen molar-refractivity contribution in [3.63, 3.8) is 0 Å². The Hall–Kier alpha value is -1.43. The molecule has 0 radical (unpaired) electrons. The first-order valence-corrected chi connectivity index (χ1v) is 12.1. The zero-order valence-electron chi connectivity index (χ0n) is 19.1. The predicted octanol–water partition coefficient (Wildman–Crippen LogP) is 8.49. The van der Waals surface area contributed by atoms with E-state index in [0.29, 0.717) is 0 Å². The number of aldehydes is 1. The van der Waals surface area contributed by atoms with E-state index in [4.69, 9.17) is 5.11 Å². The van der Waals surface area contributed by atoms with E-state index < -0.39 is 0 Å². The van der Waals surface area contributed by atoms with Crippen LogP contribution in [0.1, 0.15) is 78.9 Å². The molecule has 0 saturated heterocycles. The third-order valence-corrected chi connectivity index (χ3v) is 5.54. The molecule has 2 aromatic heterocycles. The third kappa shape index (κ3) is 9.75. The normalized spacial score (nSPS) is 8.62. The summed E-state index contributed by atoms with van der Waals surface area (Å²) in [5, 5.41) is 12.5. The van der Waals surface area contributed by atoms with Crippen LogP contribution in [-0.4, -0.2) is 31.6 Å². The van der Waals surface area contributed by atoms with Gasteiger partial charge >= 0.3 is 0 Å². The van der Waals surface area contributed by atoms with Gasteiger partial charge in [0.15, 0.2) is 6.29 Å². The summed E-state index contributed by atoms with van der Waals surface area (Å²) in [6.45, 7) is 17.1. The van der Waals surface area contributed by atoms with Crippen molar-refractivity contribution in [2.75, 3.05) is 25.1 Å². The minimum atomic E-state index is 0. The quantitative estimate of drug-likeness (QED) is 0.403. The minimum Gasteiger partial charge on any atom is -0.396 e. The number of aliphatic hydroxyl groups is 1. The van der Waals surface area contributed by atoms with E-state index in [9.17, 15) is 4.79 Å². The van der Waals surface area contributed by atoms with Gasteiger partial charge in [0.1, 0.15) is 0 Å². The monoisotopic (exact) mass is 441 g/mol. The number of hydrogen-bond acceptors (Lipinski definition) is 5. The van der Waals surface area contributed by atoms with Crippen molar-refractivity contribution in [3.8, 4) is 0 Å². The Morgan fingerprint density at radius 3 is 1.90 bits per heavy atom. The van der Waals surface area contributed by atoms with Crippen molar-refractivity contribution < 1.29 is 9.90 Å². The Morgan fingerprint density at radius 2 is 1.38 bits per heavy atom. The van der Waals surface area contributed by atoms with Crippen LogP contribution in [0.5, 0.6) is 0 Å². The molecule has 1 N–H and O–H groups in total. The highest BCUT2D eigenvalue weighted by atomic mass is 32.1. The van der Waals surface area contributed by atoms with Gasteiger partial charge < -0.3 is 10.0 Å². The molecule has 5 heteroatoms. The van der Waals surface area contributed by atoms with Gasteiger partial charge in [-0.2, -0.15) is 0 Å². The summed E-state index contributed by atoms with van der Waals surface area (Å²) in [6.07, 6.45) is 1.69. The Kier molecular flexibility index (Phi) is 22.1. The van der Waals surface area contributed by atoms with Crippen molar-refractivity contribution in [2.24, 2.45) is 0 Å². The SMILES string of the molecule is C.CC.CC.CC.CC.CN(CCCO)c1cc2cc3cc(C=O)sc3cc2s1. The van der Waals surface area contributed by atoms with Gasteiger partial charge in [0.05, 0.1) is 9.88 Å². The van der Waals surface area contributed by atoms with Gasteiger partial charge in [0.2, 0.25) is 0 Å². The second-order valence-corrected chi connectivity index (χ2v) is 6.96. The highest BCUT2D eigenvalue weighted by Gasteiger charge is 2.09. The topological polar surface area (TPSA) is 40.5 Å². The second kappa shape index (κ2) is 19.9. The van der Waals surface area contributed by atoms with E-state index in [2.05, 4.69) is 23.1 Å². The fourth-order valence-electron chi connectivity index (χ4n) is 2.25. The van der Waals surface area contributed by atoms with Gasteiger partial charge in [-0.15, -0.1) is 22.7 Å². The average Bonchev–Trinajstić information content (AvgIpc) is 3.38. The summed E-state index contributed by atoms with van der Waals surface area (Å²) in [5.41, 5.74) is 0. The van der Waals surface area contributed by atoms with Crippen LogP contribution in [0.25, 0.3) is 20.2 Å². The number of aliphatic hydroxyl groups excluding tert-OH is 1. The first-order valence-electron chi connectivity index (χ1n) is 10.5. The van der Waals surface area contributed by atoms with Crippen LogP contribution in [0.4, 0.5) is 5.00 Å². The third-order valence-electron chi connectivity index (χ3n) is 3.31. The average molecular weight is 442 g/mol. The summed E-state index contributed by atoms with van der Waals surface area (Å²) in [6, 6.07) is 8.43. The molecule has 3 nitrogen and oxygen atoms in total. The van der Waals surface area contributed by atoms with Gasteiger partial charge in [-0.25, -0.2) is 0 Å². The highest BCUT2D eigenvalue weighted by molar-refractivity contribution is 7.24. The summed E-state index contributed by atoms with van der Waals surface area (Å²) in [5.74, 6) is 0. The van der Waals surface area contributed by atoms with E-state index in [1.807, 2.05) is 68.5 Å². The maximum Gasteiger partial charge on any atom is 0.160 e. The predicted molar refractivity (Wildman–Crippen MR) is 140 cm³/mol. The smallest absolute Gasteiger partial charge is 0.160 e. The standard InChI is InChI=1S/C15H15NO2S2.4C2H6.CH4/c1-16(3-2-4-17)15-7-11-5-10-6-12(9-18)19-13(10)8-14(11)20-15;4*1-2;/h5-9,17H,2-4H2,1H3;4*1-2H3;1H4. The summed E-state index contributed by atoms with van der Waals surface area (Å²) in [4.78, 5) is 13.8. The molecule has 0 saturated carbocycles. The number of benzene rings is 1. The van der Waals surface area contributed by atoms with Crippen LogP contribution < -0.4 is 4.90 Å². The molecule has 0 bridgehead atoms. The van der Waals surface area contributed by atoms with Gasteiger partial charge in [-0.05, 0) is 41.5 Å². The van der Waals surface area contributed by atoms with E-state index in [0.717, 1.165) is 34.2 Å². The Labute approximate surface area is 187 Å². The van der Waals surface area contributed by atoms with E-state index in [1.165, 1.54) is 26.4 Å². The number of anilines is 1. The van der Waals surface area contributed by atoms with Crippen LogP contribution in [0.2, 0.25) is 0 Å².